The molecule has 0 radical (unpaired) electrons. The zero-order valence-corrected chi connectivity index (χ0v) is 9.25. The van der Waals surface area contributed by atoms with E-state index in [0.717, 1.165) is 18.7 Å². The normalized spacial score (nSPS) is 13.0. The summed E-state index contributed by atoms with van der Waals surface area (Å²) in [4.78, 5) is 0. The lowest BCUT2D eigenvalue weighted by Crippen LogP contribution is -2.28. The van der Waals surface area contributed by atoms with Gasteiger partial charge >= 0.3 is 0 Å². The third-order valence-corrected chi connectivity index (χ3v) is 2.36. The fourth-order valence-electron chi connectivity index (χ4n) is 1.53. The molecule has 0 bridgehead atoms. The fraction of sp³-hybridized carbons (Fsp3) is 0.667. The summed E-state index contributed by atoms with van der Waals surface area (Å²) in [6.45, 7) is 5.55. The molecule has 0 aliphatic rings. The van der Waals surface area contributed by atoms with E-state index >= 15 is 0 Å². The molecule has 0 saturated heterocycles. The number of unbranched alkanes of at least 4 members (excludes halogenated alkanes) is 2. The summed E-state index contributed by atoms with van der Waals surface area (Å²) in [7, 11) is 0. The summed E-state index contributed by atoms with van der Waals surface area (Å²) in [5.74, 6) is 1.07. The van der Waals surface area contributed by atoms with Gasteiger partial charge in [-0.15, -0.1) is 0 Å². The molecule has 1 aromatic rings. The first-order chi connectivity index (χ1) is 6.83. The second-order valence-electron chi connectivity index (χ2n) is 3.85. The molecule has 0 aliphatic carbocycles. The van der Waals surface area contributed by atoms with Gasteiger partial charge in [0, 0.05) is 12.5 Å². The zero-order valence-electron chi connectivity index (χ0n) is 9.25. The standard InChI is InChI=1S/C12H21NO/c1-3-4-5-8-13-11(2)10-12-7-6-9-14-12/h6-7,9,11,13H,3-5,8,10H2,1-2H3. The molecule has 0 aromatic carbocycles. The molecule has 1 aromatic heterocycles. The van der Waals surface area contributed by atoms with Crippen LogP contribution in [-0.2, 0) is 6.42 Å². The molecule has 2 nitrogen and oxygen atoms in total. The van der Waals surface area contributed by atoms with Crippen molar-refractivity contribution in [3.8, 4) is 0 Å². The van der Waals surface area contributed by atoms with Crippen molar-refractivity contribution in [2.75, 3.05) is 6.54 Å². The smallest absolute Gasteiger partial charge is 0.105 e. The maximum atomic E-state index is 5.29. The highest BCUT2D eigenvalue weighted by atomic mass is 16.3. The first-order valence-electron chi connectivity index (χ1n) is 5.58. The van der Waals surface area contributed by atoms with Crippen LogP contribution in [0.15, 0.2) is 22.8 Å². The van der Waals surface area contributed by atoms with Crippen molar-refractivity contribution in [3.63, 3.8) is 0 Å². The van der Waals surface area contributed by atoms with Gasteiger partial charge in [-0.3, -0.25) is 0 Å². The van der Waals surface area contributed by atoms with E-state index in [2.05, 4.69) is 19.2 Å². The van der Waals surface area contributed by atoms with Gasteiger partial charge in [-0.1, -0.05) is 19.8 Å². The van der Waals surface area contributed by atoms with Crippen LogP contribution in [0, 0.1) is 0 Å². The Labute approximate surface area is 86.7 Å². The number of hydrogen-bond donors (Lipinski definition) is 1. The topological polar surface area (TPSA) is 25.2 Å². The van der Waals surface area contributed by atoms with Gasteiger partial charge in [-0.25, -0.2) is 0 Å². The third kappa shape index (κ3) is 4.47. The van der Waals surface area contributed by atoms with Gasteiger partial charge < -0.3 is 9.73 Å². The Morgan fingerprint density at radius 2 is 2.29 bits per heavy atom. The van der Waals surface area contributed by atoms with E-state index in [1.54, 1.807) is 6.26 Å². The maximum absolute atomic E-state index is 5.29. The largest absolute Gasteiger partial charge is 0.469 e. The Kier molecular flexibility index (Phi) is 5.38. The SMILES string of the molecule is CCCCCNC(C)Cc1ccco1. The van der Waals surface area contributed by atoms with Gasteiger partial charge in [-0.05, 0) is 32.0 Å². The Morgan fingerprint density at radius 1 is 1.43 bits per heavy atom. The van der Waals surface area contributed by atoms with Gasteiger partial charge in [0.05, 0.1) is 6.26 Å². The summed E-state index contributed by atoms with van der Waals surface area (Å²) in [5, 5.41) is 3.50. The van der Waals surface area contributed by atoms with Gasteiger partial charge in [0.15, 0.2) is 0 Å². The predicted molar refractivity (Wildman–Crippen MR) is 59.4 cm³/mol. The summed E-state index contributed by atoms with van der Waals surface area (Å²) in [6.07, 6.45) is 6.60. The first-order valence-corrected chi connectivity index (χ1v) is 5.58. The molecule has 0 spiro atoms. The lowest BCUT2D eigenvalue weighted by atomic mass is 10.2. The third-order valence-electron chi connectivity index (χ3n) is 2.36. The number of nitrogens with one attached hydrogen (secondary N) is 1. The highest BCUT2D eigenvalue weighted by Gasteiger charge is 2.03. The van der Waals surface area contributed by atoms with Crippen molar-refractivity contribution in [2.45, 2.75) is 45.6 Å². The molecule has 1 N–H and O–H groups in total. The highest BCUT2D eigenvalue weighted by molar-refractivity contribution is 4.99. The fourth-order valence-corrected chi connectivity index (χ4v) is 1.53. The second kappa shape index (κ2) is 6.66. The minimum absolute atomic E-state index is 0.512. The van der Waals surface area contributed by atoms with Crippen LogP contribution in [0.1, 0.15) is 38.9 Å². The number of furan rings is 1. The van der Waals surface area contributed by atoms with E-state index in [1.165, 1.54) is 19.3 Å². The Balaban J connectivity index is 2.07. The molecule has 1 unspecified atom stereocenters. The van der Waals surface area contributed by atoms with Crippen molar-refractivity contribution in [1.29, 1.82) is 0 Å². The molecule has 1 atom stereocenters. The second-order valence-corrected chi connectivity index (χ2v) is 3.85. The monoisotopic (exact) mass is 195 g/mol. The molecule has 80 valence electrons. The molecule has 14 heavy (non-hydrogen) atoms. The molecule has 1 rings (SSSR count). The molecule has 2 heteroatoms. The van der Waals surface area contributed by atoms with Crippen molar-refractivity contribution in [3.05, 3.63) is 24.2 Å². The maximum Gasteiger partial charge on any atom is 0.105 e. The molecule has 0 aliphatic heterocycles. The summed E-state index contributed by atoms with van der Waals surface area (Å²) in [5.41, 5.74) is 0. The van der Waals surface area contributed by atoms with E-state index in [0.29, 0.717) is 6.04 Å². The highest BCUT2D eigenvalue weighted by Crippen LogP contribution is 2.03. The van der Waals surface area contributed by atoms with E-state index in [1.807, 2.05) is 12.1 Å². The number of rotatable bonds is 7. The lowest BCUT2D eigenvalue weighted by Gasteiger charge is -2.11. The average molecular weight is 195 g/mol. The van der Waals surface area contributed by atoms with Crippen LogP contribution >= 0.6 is 0 Å². The summed E-state index contributed by atoms with van der Waals surface area (Å²) >= 11 is 0. The molecule has 0 fully saturated rings. The quantitative estimate of drug-likeness (QED) is 0.677. The van der Waals surface area contributed by atoms with E-state index in [4.69, 9.17) is 4.42 Å². The van der Waals surface area contributed by atoms with Crippen LogP contribution in [0.2, 0.25) is 0 Å². The summed E-state index contributed by atoms with van der Waals surface area (Å²) in [6, 6.07) is 4.49. The van der Waals surface area contributed by atoms with E-state index in [9.17, 15) is 0 Å². The molecule has 0 saturated carbocycles. The minimum Gasteiger partial charge on any atom is -0.469 e. The van der Waals surface area contributed by atoms with Gasteiger partial charge in [-0.2, -0.15) is 0 Å². The van der Waals surface area contributed by atoms with Crippen LogP contribution in [0.5, 0.6) is 0 Å². The number of hydrogen-bond acceptors (Lipinski definition) is 2. The van der Waals surface area contributed by atoms with Crippen molar-refractivity contribution in [2.24, 2.45) is 0 Å². The Hall–Kier alpha value is -0.760. The first kappa shape index (κ1) is 11.3. The Morgan fingerprint density at radius 3 is 2.93 bits per heavy atom. The van der Waals surface area contributed by atoms with Crippen molar-refractivity contribution >= 4 is 0 Å². The summed E-state index contributed by atoms with van der Waals surface area (Å²) < 4.78 is 5.29. The van der Waals surface area contributed by atoms with Crippen LogP contribution in [0.25, 0.3) is 0 Å². The van der Waals surface area contributed by atoms with Crippen LogP contribution < -0.4 is 5.32 Å². The van der Waals surface area contributed by atoms with Gasteiger partial charge in [0.1, 0.15) is 5.76 Å². The van der Waals surface area contributed by atoms with Crippen LogP contribution in [0.3, 0.4) is 0 Å². The molecule has 1 heterocycles. The molecular formula is C12H21NO. The van der Waals surface area contributed by atoms with Crippen molar-refractivity contribution < 1.29 is 4.42 Å². The van der Waals surface area contributed by atoms with Crippen LogP contribution in [0.4, 0.5) is 0 Å². The predicted octanol–water partition coefficient (Wildman–Crippen LogP) is 2.99. The molecule has 0 amide bonds. The minimum atomic E-state index is 0.512. The van der Waals surface area contributed by atoms with E-state index < -0.39 is 0 Å². The lowest BCUT2D eigenvalue weighted by molar-refractivity contribution is 0.452. The van der Waals surface area contributed by atoms with Gasteiger partial charge in [0.25, 0.3) is 0 Å². The molecular weight excluding hydrogens is 174 g/mol. The average Bonchev–Trinajstić information content (AvgIpc) is 2.65. The van der Waals surface area contributed by atoms with Gasteiger partial charge in [0.2, 0.25) is 0 Å². The van der Waals surface area contributed by atoms with Crippen molar-refractivity contribution in [1.82, 2.24) is 5.32 Å². The van der Waals surface area contributed by atoms with E-state index in [-0.39, 0.29) is 0 Å². The zero-order chi connectivity index (χ0) is 10.2. The Bertz CT molecular complexity index is 218. The van der Waals surface area contributed by atoms with Crippen LogP contribution in [-0.4, -0.2) is 12.6 Å².